The SMILES string of the molecule is O=C(CSc1ccc(NC(=O)c2ccco2)cc1)Nc1ccccc1Br. The highest BCUT2D eigenvalue weighted by Gasteiger charge is 2.09. The van der Waals surface area contributed by atoms with E-state index >= 15 is 0 Å². The molecule has 1 aromatic heterocycles. The van der Waals surface area contributed by atoms with E-state index in [1.807, 2.05) is 36.4 Å². The first-order valence-corrected chi connectivity index (χ1v) is 9.52. The maximum absolute atomic E-state index is 12.1. The van der Waals surface area contributed by atoms with Crippen LogP contribution in [0.25, 0.3) is 0 Å². The van der Waals surface area contributed by atoms with Gasteiger partial charge >= 0.3 is 0 Å². The molecule has 132 valence electrons. The summed E-state index contributed by atoms with van der Waals surface area (Å²) in [5, 5.41) is 5.61. The van der Waals surface area contributed by atoms with Crippen molar-refractivity contribution >= 4 is 50.9 Å². The minimum absolute atomic E-state index is 0.0860. The highest BCUT2D eigenvalue weighted by molar-refractivity contribution is 9.10. The second-order valence-corrected chi connectivity index (χ2v) is 7.18. The number of hydrogen-bond donors (Lipinski definition) is 2. The molecule has 2 aromatic carbocycles. The largest absolute Gasteiger partial charge is 0.459 e. The maximum Gasteiger partial charge on any atom is 0.291 e. The number of thioether (sulfide) groups is 1. The standard InChI is InChI=1S/C19H15BrN2O3S/c20-15-4-1-2-5-16(15)22-18(23)12-26-14-9-7-13(8-10-14)21-19(24)17-6-3-11-25-17/h1-11H,12H2,(H,21,24)(H,22,23). The van der Waals surface area contributed by atoms with Crippen molar-refractivity contribution in [3.05, 3.63) is 77.2 Å². The molecule has 2 N–H and O–H groups in total. The van der Waals surface area contributed by atoms with E-state index in [2.05, 4.69) is 26.6 Å². The molecule has 0 bridgehead atoms. The van der Waals surface area contributed by atoms with Crippen LogP contribution in [0, 0.1) is 0 Å². The van der Waals surface area contributed by atoms with Gasteiger partial charge in [-0.2, -0.15) is 0 Å². The van der Waals surface area contributed by atoms with Crippen molar-refractivity contribution in [2.75, 3.05) is 16.4 Å². The van der Waals surface area contributed by atoms with Crippen LogP contribution in [-0.2, 0) is 4.79 Å². The number of hydrogen-bond acceptors (Lipinski definition) is 4. The number of benzene rings is 2. The Morgan fingerprint density at radius 1 is 0.962 bits per heavy atom. The molecular weight excluding hydrogens is 416 g/mol. The fraction of sp³-hybridized carbons (Fsp3) is 0.0526. The number of anilines is 2. The molecule has 0 unspecified atom stereocenters. The van der Waals surface area contributed by atoms with Crippen LogP contribution in [0.15, 0.2) is 80.7 Å². The zero-order valence-corrected chi connectivity index (χ0v) is 16.0. The van der Waals surface area contributed by atoms with Crippen LogP contribution in [0.2, 0.25) is 0 Å². The molecule has 0 aliphatic rings. The van der Waals surface area contributed by atoms with Crippen molar-refractivity contribution in [1.82, 2.24) is 0 Å². The van der Waals surface area contributed by atoms with Gasteiger partial charge in [0.15, 0.2) is 5.76 Å². The molecule has 0 aliphatic carbocycles. The van der Waals surface area contributed by atoms with Gasteiger partial charge in [0, 0.05) is 15.1 Å². The summed E-state index contributed by atoms with van der Waals surface area (Å²) < 4.78 is 5.89. The fourth-order valence-electron chi connectivity index (χ4n) is 2.13. The molecule has 2 amide bonds. The van der Waals surface area contributed by atoms with E-state index in [-0.39, 0.29) is 17.6 Å². The van der Waals surface area contributed by atoms with Crippen LogP contribution in [0.1, 0.15) is 10.6 Å². The first-order valence-electron chi connectivity index (χ1n) is 7.74. The topological polar surface area (TPSA) is 71.3 Å². The van der Waals surface area contributed by atoms with E-state index in [0.717, 1.165) is 15.1 Å². The van der Waals surface area contributed by atoms with Crippen LogP contribution in [0.5, 0.6) is 0 Å². The first kappa shape index (κ1) is 18.3. The second-order valence-electron chi connectivity index (χ2n) is 5.27. The molecule has 0 fully saturated rings. The van der Waals surface area contributed by atoms with E-state index in [9.17, 15) is 9.59 Å². The van der Waals surface area contributed by atoms with Gasteiger partial charge in [0.05, 0.1) is 17.7 Å². The normalized spacial score (nSPS) is 10.3. The number of carbonyl (C=O) groups is 2. The van der Waals surface area contributed by atoms with Gasteiger partial charge in [0.2, 0.25) is 5.91 Å². The fourth-order valence-corrected chi connectivity index (χ4v) is 3.22. The van der Waals surface area contributed by atoms with Crippen molar-refractivity contribution in [1.29, 1.82) is 0 Å². The summed E-state index contributed by atoms with van der Waals surface area (Å²) >= 11 is 4.82. The molecule has 3 rings (SSSR count). The van der Waals surface area contributed by atoms with E-state index in [0.29, 0.717) is 11.4 Å². The number of furan rings is 1. The molecule has 0 saturated heterocycles. The summed E-state index contributed by atoms with van der Waals surface area (Å²) in [6, 6.07) is 18.0. The average molecular weight is 431 g/mol. The van der Waals surface area contributed by atoms with E-state index in [1.165, 1.54) is 18.0 Å². The Morgan fingerprint density at radius 3 is 2.42 bits per heavy atom. The van der Waals surface area contributed by atoms with Gasteiger partial charge in [-0.05, 0) is 64.5 Å². The van der Waals surface area contributed by atoms with Gasteiger partial charge in [-0.15, -0.1) is 11.8 Å². The van der Waals surface area contributed by atoms with E-state index in [4.69, 9.17) is 4.42 Å². The predicted octanol–water partition coefficient (Wildman–Crippen LogP) is 5.03. The van der Waals surface area contributed by atoms with Crippen LogP contribution < -0.4 is 10.6 Å². The molecule has 0 aliphatic heterocycles. The minimum Gasteiger partial charge on any atom is -0.459 e. The average Bonchev–Trinajstić information content (AvgIpc) is 3.18. The van der Waals surface area contributed by atoms with Gasteiger partial charge in [0.1, 0.15) is 0 Å². The van der Waals surface area contributed by atoms with Crippen LogP contribution in [0.3, 0.4) is 0 Å². The number of rotatable bonds is 6. The van der Waals surface area contributed by atoms with Crippen molar-refractivity contribution in [3.63, 3.8) is 0 Å². The van der Waals surface area contributed by atoms with Crippen molar-refractivity contribution in [3.8, 4) is 0 Å². The van der Waals surface area contributed by atoms with Gasteiger partial charge < -0.3 is 15.1 Å². The molecule has 26 heavy (non-hydrogen) atoms. The summed E-state index contributed by atoms with van der Waals surface area (Å²) in [6.07, 6.45) is 1.45. The predicted molar refractivity (Wildman–Crippen MR) is 107 cm³/mol. The van der Waals surface area contributed by atoms with Gasteiger partial charge in [-0.25, -0.2) is 0 Å². The minimum atomic E-state index is -0.303. The molecule has 0 saturated carbocycles. The quantitative estimate of drug-likeness (QED) is 0.538. The van der Waals surface area contributed by atoms with Crippen molar-refractivity contribution < 1.29 is 14.0 Å². The molecule has 3 aromatic rings. The molecule has 0 radical (unpaired) electrons. The Hall–Kier alpha value is -2.51. The Labute approximate surface area is 163 Å². The Kier molecular flexibility index (Phi) is 6.14. The van der Waals surface area contributed by atoms with Gasteiger partial charge in [0.25, 0.3) is 5.91 Å². The lowest BCUT2D eigenvalue weighted by Crippen LogP contribution is -2.14. The molecule has 1 heterocycles. The lowest BCUT2D eigenvalue weighted by molar-refractivity contribution is -0.113. The Morgan fingerprint density at radius 2 is 1.73 bits per heavy atom. The Balaban J connectivity index is 1.50. The Bertz CT molecular complexity index is 895. The number of halogens is 1. The zero-order chi connectivity index (χ0) is 18.4. The van der Waals surface area contributed by atoms with Crippen LogP contribution in [-0.4, -0.2) is 17.6 Å². The van der Waals surface area contributed by atoms with E-state index < -0.39 is 0 Å². The first-order chi connectivity index (χ1) is 12.6. The van der Waals surface area contributed by atoms with Crippen LogP contribution >= 0.6 is 27.7 Å². The molecular formula is C19H15BrN2O3S. The number of nitrogens with one attached hydrogen (secondary N) is 2. The third-order valence-electron chi connectivity index (χ3n) is 3.38. The third kappa shape index (κ3) is 5.00. The highest BCUT2D eigenvalue weighted by atomic mass is 79.9. The van der Waals surface area contributed by atoms with E-state index in [1.54, 1.807) is 24.3 Å². The highest BCUT2D eigenvalue weighted by Crippen LogP contribution is 2.23. The zero-order valence-electron chi connectivity index (χ0n) is 13.6. The monoisotopic (exact) mass is 430 g/mol. The molecule has 0 spiro atoms. The smallest absolute Gasteiger partial charge is 0.291 e. The van der Waals surface area contributed by atoms with Gasteiger partial charge in [-0.1, -0.05) is 12.1 Å². The second kappa shape index (κ2) is 8.73. The number of amides is 2. The van der Waals surface area contributed by atoms with Gasteiger partial charge in [-0.3, -0.25) is 9.59 Å². The number of para-hydroxylation sites is 1. The number of carbonyl (C=O) groups excluding carboxylic acids is 2. The molecule has 0 atom stereocenters. The lowest BCUT2D eigenvalue weighted by Gasteiger charge is -2.08. The summed E-state index contributed by atoms with van der Waals surface area (Å²) in [6.45, 7) is 0. The third-order valence-corrected chi connectivity index (χ3v) is 5.08. The summed E-state index contributed by atoms with van der Waals surface area (Å²) in [5.74, 6) is 0.159. The van der Waals surface area contributed by atoms with Crippen molar-refractivity contribution in [2.45, 2.75) is 4.90 Å². The summed E-state index contributed by atoms with van der Waals surface area (Å²) in [5.41, 5.74) is 1.41. The molecule has 7 heteroatoms. The molecule has 5 nitrogen and oxygen atoms in total. The maximum atomic E-state index is 12.1. The van der Waals surface area contributed by atoms with Crippen molar-refractivity contribution in [2.24, 2.45) is 0 Å². The lowest BCUT2D eigenvalue weighted by atomic mass is 10.3. The van der Waals surface area contributed by atoms with Crippen LogP contribution in [0.4, 0.5) is 11.4 Å². The summed E-state index contributed by atoms with van der Waals surface area (Å²) in [4.78, 5) is 24.9. The summed E-state index contributed by atoms with van der Waals surface area (Å²) in [7, 11) is 0.